The number of fused-ring (bicyclic) bond motifs is 1. The highest BCUT2D eigenvalue weighted by atomic mass is 16.7. The molecule has 1 amide bonds. The van der Waals surface area contributed by atoms with E-state index in [0.29, 0.717) is 29.7 Å². The van der Waals surface area contributed by atoms with Crippen molar-refractivity contribution in [3.05, 3.63) is 47.8 Å². The topological polar surface area (TPSA) is 69.7 Å². The van der Waals surface area contributed by atoms with Gasteiger partial charge in [0.2, 0.25) is 6.79 Å². The molecule has 6 nitrogen and oxygen atoms in total. The molecule has 6 heteroatoms. The van der Waals surface area contributed by atoms with Crippen LogP contribution in [0.5, 0.6) is 17.2 Å². The van der Waals surface area contributed by atoms with Crippen LogP contribution in [0.4, 0.5) is 0 Å². The molecule has 0 bridgehead atoms. The first-order valence-electron chi connectivity index (χ1n) is 8.47. The second-order valence-corrected chi connectivity index (χ2v) is 6.39. The van der Waals surface area contributed by atoms with E-state index in [1.165, 1.54) is 18.4 Å². The third-order valence-electron chi connectivity index (χ3n) is 4.36. The molecule has 1 unspecified atom stereocenters. The molecule has 1 atom stereocenters. The molecule has 1 saturated carbocycles. The molecule has 1 aromatic heterocycles. The molecule has 4 rings (SSSR count). The SMILES string of the molecule is CC(Oc1ccc2c(c1)OCO2)C(=O)NCc1cncc(C2CC2)c1. The van der Waals surface area contributed by atoms with E-state index >= 15 is 0 Å². The Morgan fingerprint density at radius 1 is 1.28 bits per heavy atom. The highest BCUT2D eigenvalue weighted by Gasteiger charge is 2.24. The van der Waals surface area contributed by atoms with Crippen molar-refractivity contribution in [1.82, 2.24) is 10.3 Å². The lowest BCUT2D eigenvalue weighted by atomic mass is 10.1. The number of hydrogen-bond donors (Lipinski definition) is 1. The van der Waals surface area contributed by atoms with Gasteiger partial charge in [-0.05, 0) is 48.9 Å². The molecule has 2 heterocycles. The number of rotatable bonds is 6. The summed E-state index contributed by atoms with van der Waals surface area (Å²) in [7, 11) is 0. The summed E-state index contributed by atoms with van der Waals surface area (Å²) in [5.41, 5.74) is 2.27. The van der Waals surface area contributed by atoms with Gasteiger partial charge in [0.05, 0.1) is 0 Å². The molecule has 2 aromatic rings. The van der Waals surface area contributed by atoms with Gasteiger partial charge in [-0.2, -0.15) is 0 Å². The van der Waals surface area contributed by atoms with Gasteiger partial charge in [-0.1, -0.05) is 6.07 Å². The Kier molecular flexibility index (Phi) is 4.17. The van der Waals surface area contributed by atoms with Gasteiger partial charge < -0.3 is 19.5 Å². The van der Waals surface area contributed by atoms with Crippen LogP contribution in [0.1, 0.15) is 36.8 Å². The third-order valence-corrected chi connectivity index (χ3v) is 4.36. The number of carbonyl (C=O) groups excluding carboxylic acids is 1. The Morgan fingerprint density at radius 3 is 2.96 bits per heavy atom. The van der Waals surface area contributed by atoms with Gasteiger partial charge in [-0.3, -0.25) is 9.78 Å². The van der Waals surface area contributed by atoms with Crippen LogP contribution in [0.15, 0.2) is 36.7 Å². The number of hydrogen-bond acceptors (Lipinski definition) is 5. The van der Waals surface area contributed by atoms with E-state index < -0.39 is 6.10 Å². The largest absolute Gasteiger partial charge is 0.481 e. The lowest BCUT2D eigenvalue weighted by Gasteiger charge is -2.15. The summed E-state index contributed by atoms with van der Waals surface area (Å²) in [5, 5.41) is 2.90. The maximum atomic E-state index is 12.3. The number of nitrogens with one attached hydrogen (secondary N) is 1. The van der Waals surface area contributed by atoms with Crippen molar-refractivity contribution in [1.29, 1.82) is 0 Å². The predicted molar refractivity (Wildman–Crippen MR) is 90.7 cm³/mol. The monoisotopic (exact) mass is 340 g/mol. The summed E-state index contributed by atoms with van der Waals surface area (Å²) in [6.07, 6.45) is 5.56. The molecule has 1 aliphatic heterocycles. The quantitative estimate of drug-likeness (QED) is 0.876. The second kappa shape index (κ2) is 6.63. The first-order valence-corrected chi connectivity index (χ1v) is 8.47. The van der Waals surface area contributed by atoms with Gasteiger partial charge in [-0.15, -0.1) is 0 Å². The van der Waals surface area contributed by atoms with Gasteiger partial charge in [0, 0.05) is 25.0 Å². The molecular formula is C19H20N2O4. The molecule has 1 aliphatic carbocycles. The van der Waals surface area contributed by atoms with E-state index in [0.717, 1.165) is 5.56 Å². The summed E-state index contributed by atoms with van der Waals surface area (Å²) < 4.78 is 16.3. The Labute approximate surface area is 146 Å². The van der Waals surface area contributed by atoms with Crippen LogP contribution < -0.4 is 19.5 Å². The van der Waals surface area contributed by atoms with E-state index in [1.807, 2.05) is 6.20 Å². The summed E-state index contributed by atoms with van der Waals surface area (Å²) in [5.74, 6) is 2.37. The number of nitrogens with zero attached hydrogens (tertiary/aromatic N) is 1. The molecule has 1 fully saturated rings. The van der Waals surface area contributed by atoms with E-state index in [9.17, 15) is 4.79 Å². The summed E-state index contributed by atoms with van der Waals surface area (Å²) in [4.78, 5) is 16.5. The number of carbonyl (C=O) groups is 1. The predicted octanol–water partition coefficient (Wildman–Crippen LogP) is 2.77. The standard InChI is InChI=1S/C19H20N2O4/c1-12(25-16-4-5-17-18(7-16)24-11-23-17)19(22)21-9-13-6-15(10-20-8-13)14-2-3-14/h4-8,10,12,14H,2-3,9,11H2,1H3,(H,21,22). The van der Waals surface area contributed by atoms with Gasteiger partial charge in [0.1, 0.15) is 5.75 Å². The maximum Gasteiger partial charge on any atom is 0.261 e. The van der Waals surface area contributed by atoms with Crippen molar-refractivity contribution in [2.24, 2.45) is 0 Å². The van der Waals surface area contributed by atoms with E-state index in [2.05, 4.69) is 16.4 Å². The van der Waals surface area contributed by atoms with Gasteiger partial charge in [0.15, 0.2) is 17.6 Å². The van der Waals surface area contributed by atoms with Crippen LogP contribution in [0.25, 0.3) is 0 Å². The zero-order valence-corrected chi connectivity index (χ0v) is 14.0. The van der Waals surface area contributed by atoms with Crippen molar-refractivity contribution >= 4 is 5.91 Å². The lowest BCUT2D eigenvalue weighted by Crippen LogP contribution is -2.35. The first kappa shape index (κ1) is 15.7. The fourth-order valence-electron chi connectivity index (χ4n) is 2.79. The van der Waals surface area contributed by atoms with Gasteiger partial charge >= 0.3 is 0 Å². The maximum absolute atomic E-state index is 12.3. The number of benzene rings is 1. The number of ether oxygens (including phenoxy) is 3. The Bertz CT molecular complexity index is 789. The number of aromatic nitrogens is 1. The molecule has 0 spiro atoms. The van der Waals surface area contributed by atoms with Crippen LogP contribution in [0, 0.1) is 0 Å². The van der Waals surface area contributed by atoms with E-state index in [-0.39, 0.29) is 12.7 Å². The minimum atomic E-state index is -0.611. The summed E-state index contributed by atoms with van der Waals surface area (Å²) >= 11 is 0. The Balaban J connectivity index is 1.32. The fraction of sp³-hybridized carbons (Fsp3) is 0.368. The number of pyridine rings is 1. The van der Waals surface area contributed by atoms with Crippen molar-refractivity contribution in [2.45, 2.75) is 38.3 Å². The van der Waals surface area contributed by atoms with Crippen molar-refractivity contribution < 1.29 is 19.0 Å². The fourth-order valence-corrected chi connectivity index (χ4v) is 2.79. The molecular weight excluding hydrogens is 320 g/mol. The summed E-state index contributed by atoms with van der Waals surface area (Å²) in [6.45, 7) is 2.38. The number of amides is 1. The Morgan fingerprint density at radius 2 is 2.12 bits per heavy atom. The van der Waals surface area contributed by atoms with E-state index in [1.54, 1.807) is 31.3 Å². The zero-order valence-electron chi connectivity index (χ0n) is 14.0. The molecule has 130 valence electrons. The minimum absolute atomic E-state index is 0.172. The van der Waals surface area contributed by atoms with Crippen molar-refractivity contribution in [3.63, 3.8) is 0 Å². The highest BCUT2D eigenvalue weighted by molar-refractivity contribution is 5.80. The smallest absolute Gasteiger partial charge is 0.261 e. The molecule has 0 saturated heterocycles. The van der Waals surface area contributed by atoms with E-state index in [4.69, 9.17) is 14.2 Å². The van der Waals surface area contributed by atoms with Crippen molar-refractivity contribution in [3.8, 4) is 17.2 Å². The Hall–Kier alpha value is -2.76. The minimum Gasteiger partial charge on any atom is -0.481 e. The van der Waals surface area contributed by atoms with Crippen LogP contribution >= 0.6 is 0 Å². The highest BCUT2D eigenvalue weighted by Crippen LogP contribution is 2.39. The average Bonchev–Trinajstić information content (AvgIpc) is 3.38. The first-order chi connectivity index (χ1) is 12.2. The van der Waals surface area contributed by atoms with Crippen LogP contribution in [0.2, 0.25) is 0 Å². The summed E-state index contributed by atoms with van der Waals surface area (Å²) in [6, 6.07) is 7.39. The average molecular weight is 340 g/mol. The van der Waals surface area contributed by atoms with Crippen LogP contribution in [0.3, 0.4) is 0 Å². The zero-order chi connectivity index (χ0) is 17.2. The van der Waals surface area contributed by atoms with Crippen LogP contribution in [-0.2, 0) is 11.3 Å². The van der Waals surface area contributed by atoms with Crippen molar-refractivity contribution in [2.75, 3.05) is 6.79 Å². The molecule has 25 heavy (non-hydrogen) atoms. The normalized spacial score (nSPS) is 16.4. The lowest BCUT2D eigenvalue weighted by molar-refractivity contribution is -0.127. The molecule has 1 aromatic carbocycles. The van der Waals surface area contributed by atoms with Crippen LogP contribution in [-0.4, -0.2) is 23.8 Å². The third kappa shape index (κ3) is 3.68. The second-order valence-electron chi connectivity index (χ2n) is 6.39. The molecule has 2 aliphatic rings. The van der Waals surface area contributed by atoms with Gasteiger partial charge in [-0.25, -0.2) is 0 Å². The van der Waals surface area contributed by atoms with Gasteiger partial charge in [0.25, 0.3) is 5.91 Å². The molecule has 0 radical (unpaired) electrons. The molecule has 1 N–H and O–H groups in total.